The number of aliphatic hydroxyl groups is 1. The average molecular weight is 434 g/mol. The third-order valence-corrected chi connectivity index (χ3v) is 6.18. The lowest BCUT2D eigenvalue weighted by molar-refractivity contribution is 0.0546. The molecule has 0 aliphatic carbocycles. The molecule has 0 bridgehead atoms. The lowest BCUT2D eigenvalue weighted by Gasteiger charge is -2.29. The molecule has 168 valence electrons. The second kappa shape index (κ2) is 9.27. The molecule has 32 heavy (non-hydrogen) atoms. The van der Waals surface area contributed by atoms with Crippen molar-refractivity contribution in [2.75, 3.05) is 13.1 Å². The fourth-order valence-electron chi connectivity index (χ4n) is 4.58. The van der Waals surface area contributed by atoms with Crippen molar-refractivity contribution < 1.29 is 9.90 Å². The smallest absolute Gasteiger partial charge is 0.258 e. The number of carbonyl (C=O) groups excluding carboxylic acids is 1. The van der Waals surface area contributed by atoms with Gasteiger partial charge in [-0.1, -0.05) is 44.2 Å². The number of carbonyl (C=O) groups is 1. The van der Waals surface area contributed by atoms with Gasteiger partial charge < -0.3 is 20.3 Å². The number of pyridine rings is 1. The molecule has 0 radical (unpaired) electrons. The summed E-state index contributed by atoms with van der Waals surface area (Å²) in [6, 6.07) is 15.3. The van der Waals surface area contributed by atoms with Crippen LogP contribution >= 0.6 is 0 Å². The van der Waals surface area contributed by atoms with Crippen LogP contribution in [0.1, 0.15) is 42.7 Å². The maximum atomic E-state index is 13.4. The van der Waals surface area contributed by atoms with Crippen LogP contribution in [0, 0.1) is 5.92 Å². The van der Waals surface area contributed by atoms with Crippen LogP contribution in [0.3, 0.4) is 0 Å². The van der Waals surface area contributed by atoms with Gasteiger partial charge in [0.1, 0.15) is 0 Å². The van der Waals surface area contributed by atoms with Gasteiger partial charge in [0.25, 0.3) is 11.5 Å². The van der Waals surface area contributed by atoms with E-state index in [1.807, 2.05) is 36.4 Å². The Bertz CT molecular complexity index is 1180. The standard InChI is InChI=1S/C26H31N3O3/c1-17(2)16-29-23(15-27)24(18-6-4-3-5-7-18)22-14-19(8-9-21(22)26(29)32)25(31)28-12-10-20(30)11-13-28/h3-9,14,17,20,30H,10-13,15-16,27H2,1-2H3. The monoisotopic (exact) mass is 433 g/mol. The molecule has 1 aromatic heterocycles. The number of benzene rings is 2. The van der Waals surface area contributed by atoms with Crippen LogP contribution in [0.25, 0.3) is 21.9 Å². The molecule has 6 heteroatoms. The summed E-state index contributed by atoms with van der Waals surface area (Å²) in [5.74, 6) is 0.216. The number of fused-ring (bicyclic) bond motifs is 1. The number of hydrogen-bond donors (Lipinski definition) is 2. The number of aromatic nitrogens is 1. The Morgan fingerprint density at radius 3 is 2.41 bits per heavy atom. The lowest BCUT2D eigenvalue weighted by atomic mass is 9.94. The number of rotatable bonds is 5. The van der Waals surface area contributed by atoms with E-state index in [4.69, 9.17) is 5.73 Å². The minimum atomic E-state index is -0.341. The van der Waals surface area contributed by atoms with Crippen molar-refractivity contribution in [2.45, 2.75) is 45.9 Å². The molecule has 0 atom stereocenters. The number of likely N-dealkylation sites (tertiary alicyclic amines) is 1. The number of nitrogens with zero attached hydrogens (tertiary/aromatic N) is 2. The molecule has 3 N–H and O–H groups in total. The SMILES string of the molecule is CC(C)Cn1c(CN)c(-c2ccccc2)c2cc(C(=O)N3CCC(O)CC3)ccc2c1=O. The van der Waals surface area contributed by atoms with Gasteiger partial charge in [0, 0.05) is 48.4 Å². The van der Waals surface area contributed by atoms with E-state index in [-0.39, 0.29) is 30.0 Å². The summed E-state index contributed by atoms with van der Waals surface area (Å²) in [4.78, 5) is 28.4. The van der Waals surface area contributed by atoms with Crippen LogP contribution in [-0.4, -0.2) is 39.7 Å². The van der Waals surface area contributed by atoms with Crippen LogP contribution in [-0.2, 0) is 13.1 Å². The Balaban J connectivity index is 1.93. The van der Waals surface area contributed by atoms with Crippen LogP contribution in [0.2, 0.25) is 0 Å². The molecule has 3 aromatic rings. The normalized spacial score (nSPS) is 15.0. The third-order valence-electron chi connectivity index (χ3n) is 6.18. The molecule has 1 amide bonds. The highest BCUT2D eigenvalue weighted by atomic mass is 16.3. The summed E-state index contributed by atoms with van der Waals surface area (Å²) >= 11 is 0. The predicted molar refractivity (Wildman–Crippen MR) is 128 cm³/mol. The molecule has 0 spiro atoms. The molecule has 0 saturated carbocycles. The molecule has 6 nitrogen and oxygen atoms in total. The second-order valence-corrected chi connectivity index (χ2v) is 8.99. The highest BCUT2D eigenvalue weighted by molar-refractivity contribution is 6.03. The fraction of sp³-hybridized carbons (Fsp3) is 0.385. The first kappa shape index (κ1) is 22.2. The Hall–Kier alpha value is -2.96. The van der Waals surface area contributed by atoms with Gasteiger partial charge in [0.15, 0.2) is 0 Å². The molecule has 2 heterocycles. The number of piperidine rings is 1. The van der Waals surface area contributed by atoms with Gasteiger partial charge in [0.05, 0.1) is 6.10 Å². The van der Waals surface area contributed by atoms with Crippen molar-refractivity contribution in [3.05, 3.63) is 70.1 Å². The summed E-state index contributed by atoms with van der Waals surface area (Å²) in [7, 11) is 0. The second-order valence-electron chi connectivity index (χ2n) is 8.99. The Labute approximate surface area is 188 Å². The van der Waals surface area contributed by atoms with Crippen molar-refractivity contribution >= 4 is 16.7 Å². The topological polar surface area (TPSA) is 88.6 Å². The van der Waals surface area contributed by atoms with E-state index in [0.29, 0.717) is 43.4 Å². The highest BCUT2D eigenvalue weighted by Gasteiger charge is 2.24. The minimum absolute atomic E-state index is 0.0709. The van der Waals surface area contributed by atoms with Gasteiger partial charge in [-0.3, -0.25) is 9.59 Å². The molecule has 1 fully saturated rings. The number of amides is 1. The number of hydrogen-bond acceptors (Lipinski definition) is 4. The van der Waals surface area contributed by atoms with Crippen LogP contribution in [0.5, 0.6) is 0 Å². The quantitative estimate of drug-likeness (QED) is 0.646. The van der Waals surface area contributed by atoms with E-state index >= 15 is 0 Å². The Kier molecular flexibility index (Phi) is 6.44. The van der Waals surface area contributed by atoms with E-state index in [0.717, 1.165) is 22.2 Å². The maximum Gasteiger partial charge on any atom is 0.258 e. The molecule has 1 saturated heterocycles. The minimum Gasteiger partial charge on any atom is -0.393 e. The van der Waals surface area contributed by atoms with E-state index in [1.54, 1.807) is 21.6 Å². The molecular weight excluding hydrogens is 402 g/mol. The van der Waals surface area contributed by atoms with Crippen molar-refractivity contribution in [2.24, 2.45) is 11.7 Å². The number of aliphatic hydroxyl groups excluding tert-OH is 1. The van der Waals surface area contributed by atoms with Crippen molar-refractivity contribution in [3.63, 3.8) is 0 Å². The van der Waals surface area contributed by atoms with Crippen molar-refractivity contribution in [1.82, 2.24) is 9.47 Å². The lowest BCUT2D eigenvalue weighted by Crippen LogP contribution is -2.40. The highest BCUT2D eigenvalue weighted by Crippen LogP contribution is 2.32. The first-order valence-electron chi connectivity index (χ1n) is 11.3. The first-order chi connectivity index (χ1) is 15.4. The predicted octanol–water partition coefficient (Wildman–Crippen LogP) is 3.38. The van der Waals surface area contributed by atoms with E-state index in [1.165, 1.54) is 0 Å². The summed E-state index contributed by atoms with van der Waals surface area (Å²) in [5.41, 5.74) is 9.34. The average Bonchev–Trinajstić information content (AvgIpc) is 2.80. The molecule has 4 rings (SSSR count). The van der Waals surface area contributed by atoms with Gasteiger partial charge in [-0.25, -0.2) is 0 Å². The van der Waals surface area contributed by atoms with E-state index < -0.39 is 0 Å². The van der Waals surface area contributed by atoms with Crippen LogP contribution < -0.4 is 11.3 Å². The van der Waals surface area contributed by atoms with Crippen molar-refractivity contribution in [1.29, 1.82) is 0 Å². The summed E-state index contributed by atoms with van der Waals surface area (Å²) in [5, 5.41) is 11.1. The zero-order valence-corrected chi connectivity index (χ0v) is 18.8. The van der Waals surface area contributed by atoms with Crippen LogP contribution in [0.15, 0.2) is 53.3 Å². The first-order valence-corrected chi connectivity index (χ1v) is 11.3. The fourth-order valence-corrected chi connectivity index (χ4v) is 4.58. The van der Waals surface area contributed by atoms with Gasteiger partial charge >= 0.3 is 0 Å². The molecule has 2 aromatic carbocycles. The molecular formula is C26H31N3O3. The molecule has 1 aliphatic rings. The molecule has 0 unspecified atom stereocenters. The van der Waals surface area contributed by atoms with Crippen LogP contribution in [0.4, 0.5) is 0 Å². The number of nitrogens with two attached hydrogens (primary N) is 1. The zero-order chi connectivity index (χ0) is 22.8. The van der Waals surface area contributed by atoms with E-state index in [9.17, 15) is 14.7 Å². The Morgan fingerprint density at radius 2 is 1.78 bits per heavy atom. The molecule has 1 aliphatic heterocycles. The van der Waals surface area contributed by atoms with Gasteiger partial charge in [-0.2, -0.15) is 0 Å². The summed E-state index contributed by atoms with van der Waals surface area (Å²) < 4.78 is 1.79. The zero-order valence-electron chi connectivity index (χ0n) is 18.8. The van der Waals surface area contributed by atoms with Gasteiger partial charge in [-0.15, -0.1) is 0 Å². The summed E-state index contributed by atoms with van der Waals surface area (Å²) in [6.07, 6.45) is 0.837. The summed E-state index contributed by atoms with van der Waals surface area (Å²) in [6.45, 7) is 6.04. The third kappa shape index (κ3) is 4.20. The van der Waals surface area contributed by atoms with Gasteiger partial charge in [0.2, 0.25) is 0 Å². The Morgan fingerprint density at radius 1 is 1.09 bits per heavy atom. The van der Waals surface area contributed by atoms with Crippen molar-refractivity contribution in [3.8, 4) is 11.1 Å². The maximum absolute atomic E-state index is 13.4. The van der Waals surface area contributed by atoms with Gasteiger partial charge in [-0.05, 0) is 47.9 Å². The van der Waals surface area contributed by atoms with E-state index in [2.05, 4.69) is 13.8 Å². The largest absolute Gasteiger partial charge is 0.393 e.